The van der Waals surface area contributed by atoms with E-state index in [1.807, 2.05) is 32.0 Å². The minimum Gasteiger partial charge on any atom is -0.497 e. The van der Waals surface area contributed by atoms with E-state index < -0.39 is 10.0 Å². The molecule has 0 radical (unpaired) electrons. The number of likely N-dealkylation sites (N-methyl/N-ethyl adjacent to an activating group) is 1. The third kappa shape index (κ3) is 4.83. The van der Waals surface area contributed by atoms with Crippen molar-refractivity contribution >= 4 is 21.6 Å². The predicted octanol–water partition coefficient (Wildman–Crippen LogP) is 2.96. The number of sulfonamides is 1. The Morgan fingerprint density at radius 3 is 2.15 bits per heavy atom. The highest BCUT2D eigenvalue weighted by atomic mass is 32.2. The van der Waals surface area contributed by atoms with Crippen LogP contribution in [0.1, 0.15) is 18.1 Å². The second-order valence-corrected chi connectivity index (χ2v) is 7.97. The van der Waals surface area contributed by atoms with Crippen LogP contribution in [0, 0.1) is 13.8 Å². The minimum absolute atomic E-state index is 0.124. The van der Waals surface area contributed by atoms with E-state index in [0.29, 0.717) is 11.4 Å². The second-order valence-electron chi connectivity index (χ2n) is 6.03. The summed E-state index contributed by atoms with van der Waals surface area (Å²) in [6.07, 6.45) is 0. The van der Waals surface area contributed by atoms with Gasteiger partial charge in [-0.2, -0.15) is 4.31 Å². The minimum atomic E-state index is -3.76. The molecule has 2 rings (SSSR count). The van der Waals surface area contributed by atoms with Gasteiger partial charge in [-0.25, -0.2) is 8.42 Å². The summed E-state index contributed by atoms with van der Waals surface area (Å²) in [4.78, 5) is 12.5. The third-order valence-corrected chi connectivity index (χ3v) is 5.81. The van der Waals surface area contributed by atoms with E-state index in [-0.39, 0.29) is 23.9 Å². The Hall–Kier alpha value is -2.38. The highest BCUT2D eigenvalue weighted by Crippen LogP contribution is 2.20. The normalized spacial score (nSPS) is 11.4. The first-order valence-electron chi connectivity index (χ1n) is 8.28. The first-order chi connectivity index (χ1) is 12.3. The van der Waals surface area contributed by atoms with Gasteiger partial charge in [0.15, 0.2) is 0 Å². The molecule has 0 fully saturated rings. The van der Waals surface area contributed by atoms with Crippen LogP contribution in [0.25, 0.3) is 0 Å². The van der Waals surface area contributed by atoms with Gasteiger partial charge in [0.2, 0.25) is 15.9 Å². The molecular weight excluding hydrogens is 352 g/mol. The monoisotopic (exact) mass is 376 g/mol. The molecule has 6 nitrogen and oxygen atoms in total. The molecule has 0 unspecified atom stereocenters. The smallest absolute Gasteiger partial charge is 0.243 e. The molecule has 0 heterocycles. The molecule has 0 saturated heterocycles. The summed E-state index contributed by atoms with van der Waals surface area (Å²) in [7, 11) is -2.25. The van der Waals surface area contributed by atoms with Gasteiger partial charge in [0.1, 0.15) is 5.75 Å². The number of methoxy groups -OCH3 is 1. The Balaban J connectivity index is 2.14. The quantitative estimate of drug-likeness (QED) is 0.806. The number of carbonyl (C=O) groups excluding carboxylic acids is 1. The number of hydrogen-bond donors (Lipinski definition) is 1. The molecule has 140 valence electrons. The van der Waals surface area contributed by atoms with E-state index in [2.05, 4.69) is 5.32 Å². The lowest BCUT2D eigenvalue weighted by atomic mass is 10.1. The van der Waals surface area contributed by atoms with Crippen LogP contribution in [-0.4, -0.2) is 38.8 Å². The number of anilines is 1. The Morgan fingerprint density at radius 2 is 1.65 bits per heavy atom. The number of ether oxygens (including phenoxy) is 1. The zero-order valence-electron chi connectivity index (χ0n) is 15.4. The van der Waals surface area contributed by atoms with Crippen LogP contribution < -0.4 is 10.1 Å². The molecule has 0 aliphatic carbocycles. The Bertz CT molecular complexity index is 857. The molecule has 0 aliphatic rings. The lowest BCUT2D eigenvalue weighted by Crippen LogP contribution is -2.37. The average molecular weight is 376 g/mol. The lowest BCUT2D eigenvalue weighted by Gasteiger charge is -2.20. The number of amides is 1. The van der Waals surface area contributed by atoms with E-state index >= 15 is 0 Å². The van der Waals surface area contributed by atoms with E-state index in [9.17, 15) is 13.2 Å². The van der Waals surface area contributed by atoms with Crippen LogP contribution in [0.3, 0.4) is 0 Å². The fourth-order valence-electron chi connectivity index (χ4n) is 2.67. The molecule has 0 saturated carbocycles. The Morgan fingerprint density at radius 1 is 1.08 bits per heavy atom. The number of carbonyl (C=O) groups is 1. The van der Waals surface area contributed by atoms with Crippen molar-refractivity contribution in [3.05, 3.63) is 53.6 Å². The summed E-state index contributed by atoms with van der Waals surface area (Å²) in [5.74, 6) is 0.188. The van der Waals surface area contributed by atoms with E-state index in [0.717, 1.165) is 15.4 Å². The highest BCUT2D eigenvalue weighted by Gasteiger charge is 2.25. The van der Waals surface area contributed by atoms with Gasteiger partial charge in [0, 0.05) is 12.2 Å². The van der Waals surface area contributed by atoms with Crippen molar-refractivity contribution in [1.29, 1.82) is 0 Å². The van der Waals surface area contributed by atoms with Gasteiger partial charge in [-0.05, 0) is 61.4 Å². The third-order valence-electron chi connectivity index (χ3n) is 3.88. The van der Waals surface area contributed by atoms with Crippen LogP contribution in [0.15, 0.2) is 47.4 Å². The molecule has 7 heteroatoms. The second kappa shape index (κ2) is 8.33. The summed E-state index contributed by atoms with van der Waals surface area (Å²) < 4.78 is 31.7. The summed E-state index contributed by atoms with van der Waals surface area (Å²) in [5, 5.41) is 2.77. The molecular formula is C19H24N2O4S. The summed E-state index contributed by atoms with van der Waals surface area (Å²) in [6.45, 7) is 5.52. The zero-order chi connectivity index (χ0) is 19.3. The number of hydrogen-bond acceptors (Lipinski definition) is 4. The zero-order valence-corrected chi connectivity index (χ0v) is 16.3. The van der Waals surface area contributed by atoms with Crippen LogP contribution in [0.2, 0.25) is 0 Å². The van der Waals surface area contributed by atoms with Crippen molar-refractivity contribution in [3.63, 3.8) is 0 Å². The molecule has 0 aliphatic heterocycles. The Kier molecular flexibility index (Phi) is 6.39. The Labute approximate surface area is 154 Å². The molecule has 0 spiro atoms. The molecule has 1 amide bonds. The predicted molar refractivity (Wildman–Crippen MR) is 102 cm³/mol. The summed E-state index contributed by atoms with van der Waals surface area (Å²) in [5.41, 5.74) is 2.71. The van der Waals surface area contributed by atoms with E-state index in [4.69, 9.17) is 4.74 Å². The van der Waals surface area contributed by atoms with Gasteiger partial charge < -0.3 is 10.1 Å². The lowest BCUT2D eigenvalue weighted by molar-refractivity contribution is -0.116. The fraction of sp³-hybridized carbons (Fsp3) is 0.316. The number of nitrogens with zero attached hydrogens (tertiary/aromatic N) is 1. The van der Waals surface area contributed by atoms with Gasteiger partial charge in [0.25, 0.3) is 0 Å². The van der Waals surface area contributed by atoms with Gasteiger partial charge >= 0.3 is 0 Å². The number of nitrogens with one attached hydrogen (secondary N) is 1. The van der Waals surface area contributed by atoms with Crippen molar-refractivity contribution in [2.75, 3.05) is 25.5 Å². The maximum absolute atomic E-state index is 12.8. The molecule has 2 aromatic rings. The van der Waals surface area contributed by atoms with Gasteiger partial charge in [-0.3, -0.25) is 4.79 Å². The first kappa shape index (κ1) is 19.9. The molecule has 0 aromatic heterocycles. The van der Waals surface area contributed by atoms with Crippen molar-refractivity contribution in [2.24, 2.45) is 0 Å². The maximum Gasteiger partial charge on any atom is 0.243 e. The van der Waals surface area contributed by atoms with Gasteiger partial charge in [-0.1, -0.05) is 13.0 Å². The fourth-order valence-corrected chi connectivity index (χ4v) is 4.08. The van der Waals surface area contributed by atoms with Gasteiger partial charge in [0.05, 0.1) is 18.6 Å². The summed E-state index contributed by atoms with van der Waals surface area (Å²) in [6, 6.07) is 11.8. The topological polar surface area (TPSA) is 75.7 Å². The first-order valence-corrected chi connectivity index (χ1v) is 9.72. The largest absolute Gasteiger partial charge is 0.497 e. The van der Waals surface area contributed by atoms with Crippen LogP contribution in [0.4, 0.5) is 5.69 Å². The molecule has 2 aromatic carbocycles. The number of aryl methyl sites for hydroxylation is 2. The highest BCUT2D eigenvalue weighted by molar-refractivity contribution is 7.89. The van der Waals surface area contributed by atoms with Crippen LogP contribution in [0.5, 0.6) is 5.75 Å². The standard InChI is InChI=1S/C19H24N2O4S/c1-5-21(26(23,24)18-8-6-17(25-4)7-9-18)13-19(22)20-16-11-14(2)10-15(3)12-16/h6-12H,5,13H2,1-4H3,(H,20,22). The van der Waals surface area contributed by atoms with E-state index in [1.54, 1.807) is 19.1 Å². The molecule has 26 heavy (non-hydrogen) atoms. The van der Waals surface area contributed by atoms with Crippen molar-refractivity contribution < 1.29 is 17.9 Å². The van der Waals surface area contributed by atoms with Crippen molar-refractivity contribution in [3.8, 4) is 5.75 Å². The van der Waals surface area contributed by atoms with Crippen LogP contribution >= 0.6 is 0 Å². The molecule has 1 N–H and O–H groups in total. The van der Waals surface area contributed by atoms with Gasteiger partial charge in [-0.15, -0.1) is 0 Å². The van der Waals surface area contributed by atoms with Crippen LogP contribution in [-0.2, 0) is 14.8 Å². The molecule has 0 bridgehead atoms. The van der Waals surface area contributed by atoms with E-state index in [1.165, 1.54) is 19.2 Å². The number of rotatable bonds is 7. The number of benzene rings is 2. The average Bonchev–Trinajstić information content (AvgIpc) is 2.58. The SMILES string of the molecule is CCN(CC(=O)Nc1cc(C)cc(C)c1)S(=O)(=O)c1ccc(OC)cc1. The summed E-state index contributed by atoms with van der Waals surface area (Å²) >= 11 is 0. The maximum atomic E-state index is 12.8. The molecule has 0 atom stereocenters. The van der Waals surface area contributed by atoms with Crippen molar-refractivity contribution in [2.45, 2.75) is 25.7 Å². The van der Waals surface area contributed by atoms with Crippen molar-refractivity contribution in [1.82, 2.24) is 4.31 Å².